The maximum atomic E-state index is 12.6. The van der Waals surface area contributed by atoms with Gasteiger partial charge in [0, 0.05) is 11.6 Å². The van der Waals surface area contributed by atoms with Crippen molar-refractivity contribution in [3.05, 3.63) is 53.0 Å². The monoisotopic (exact) mass is 420 g/mol. The lowest BCUT2D eigenvalue weighted by Gasteiger charge is -2.13. The molecule has 0 unspecified atom stereocenters. The number of amides is 1. The fourth-order valence-corrected chi connectivity index (χ4v) is 4.70. The molecule has 1 aromatic heterocycles. The van der Waals surface area contributed by atoms with Crippen LogP contribution in [0.2, 0.25) is 0 Å². The number of hydrogen-bond acceptors (Lipinski definition) is 6. The van der Waals surface area contributed by atoms with Crippen molar-refractivity contribution in [2.24, 2.45) is 0 Å². The Morgan fingerprint density at radius 1 is 1.21 bits per heavy atom. The van der Waals surface area contributed by atoms with Gasteiger partial charge in [0.05, 0.1) is 18.6 Å². The van der Waals surface area contributed by atoms with Gasteiger partial charge in [-0.15, -0.1) is 0 Å². The molecule has 29 heavy (non-hydrogen) atoms. The van der Waals surface area contributed by atoms with E-state index < -0.39 is 21.9 Å². The van der Waals surface area contributed by atoms with Gasteiger partial charge in [-0.1, -0.05) is 18.9 Å². The van der Waals surface area contributed by atoms with Crippen LogP contribution in [0.5, 0.6) is 0 Å². The number of furan rings is 1. The second kappa shape index (κ2) is 8.79. The van der Waals surface area contributed by atoms with Crippen LogP contribution >= 0.6 is 0 Å². The summed E-state index contributed by atoms with van der Waals surface area (Å²) in [5.74, 6) is -0.178. The van der Waals surface area contributed by atoms with Gasteiger partial charge in [-0.2, -0.15) is 0 Å². The Hall–Kier alpha value is -2.65. The molecule has 1 amide bonds. The summed E-state index contributed by atoms with van der Waals surface area (Å²) in [4.78, 5) is 24.1. The lowest BCUT2D eigenvalue weighted by molar-refractivity contribution is 0.0598. The van der Waals surface area contributed by atoms with Crippen LogP contribution in [0.1, 0.15) is 57.9 Å². The first-order valence-corrected chi connectivity index (χ1v) is 10.9. The Morgan fingerprint density at radius 3 is 2.62 bits per heavy atom. The maximum Gasteiger partial charge on any atom is 0.341 e. The lowest BCUT2D eigenvalue weighted by Crippen LogP contribution is -2.32. The molecule has 0 radical (unpaired) electrons. The fraction of sp³-hybridized carbons (Fsp3) is 0.400. The summed E-state index contributed by atoms with van der Waals surface area (Å²) in [7, 11) is -2.40. The van der Waals surface area contributed by atoms with Gasteiger partial charge < -0.3 is 14.5 Å². The number of benzene rings is 1. The summed E-state index contributed by atoms with van der Waals surface area (Å²) in [5, 5.41) is 2.66. The average Bonchev–Trinajstić information content (AvgIpc) is 3.34. The molecule has 1 aliphatic carbocycles. The fourth-order valence-electron chi connectivity index (χ4n) is 3.35. The number of carbonyl (C=O) groups is 2. The Labute approximate surface area is 169 Å². The Bertz CT molecular complexity index is 1010. The molecular weight excluding hydrogens is 396 g/mol. The molecule has 1 aromatic carbocycles. The summed E-state index contributed by atoms with van der Waals surface area (Å²) in [6.45, 7) is 1.68. The highest BCUT2D eigenvalue weighted by molar-refractivity contribution is 7.89. The molecule has 8 nitrogen and oxygen atoms in total. The first kappa shape index (κ1) is 21.1. The highest BCUT2D eigenvalue weighted by Gasteiger charge is 2.23. The van der Waals surface area contributed by atoms with Crippen molar-refractivity contribution in [3.63, 3.8) is 0 Å². The van der Waals surface area contributed by atoms with Crippen LogP contribution in [0, 0.1) is 6.92 Å². The number of hydrogen-bond donors (Lipinski definition) is 2. The lowest BCUT2D eigenvalue weighted by atomic mass is 10.2. The largest absolute Gasteiger partial charge is 0.465 e. The summed E-state index contributed by atoms with van der Waals surface area (Å²) < 4.78 is 38.0. The minimum absolute atomic E-state index is 0.0496. The van der Waals surface area contributed by atoms with Crippen molar-refractivity contribution in [2.75, 3.05) is 7.11 Å². The number of sulfonamides is 1. The zero-order valence-electron chi connectivity index (χ0n) is 16.4. The molecule has 2 N–H and O–H groups in total. The number of nitrogens with one attached hydrogen (secondary N) is 2. The van der Waals surface area contributed by atoms with Crippen molar-refractivity contribution < 1.29 is 27.2 Å². The van der Waals surface area contributed by atoms with Crippen LogP contribution in [0.25, 0.3) is 0 Å². The molecule has 2 aromatic rings. The van der Waals surface area contributed by atoms with Gasteiger partial charge in [-0.25, -0.2) is 17.9 Å². The number of ether oxygens (including phenoxy) is 1. The second-order valence-corrected chi connectivity index (χ2v) is 8.70. The van der Waals surface area contributed by atoms with E-state index in [-0.39, 0.29) is 23.0 Å². The Morgan fingerprint density at radius 2 is 1.93 bits per heavy atom. The van der Waals surface area contributed by atoms with E-state index in [0.29, 0.717) is 17.1 Å². The quantitative estimate of drug-likeness (QED) is 0.665. The third-order valence-electron chi connectivity index (χ3n) is 4.88. The third-order valence-corrected chi connectivity index (χ3v) is 6.40. The highest BCUT2D eigenvalue weighted by atomic mass is 32.2. The van der Waals surface area contributed by atoms with Crippen molar-refractivity contribution >= 4 is 21.9 Å². The first-order chi connectivity index (χ1) is 13.8. The van der Waals surface area contributed by atoms with E-state index in [1.165, 1.54) is 37.4 Å². The van der Waals surface area contributed by atoms with Gasteiger partial charge >= 0.3 is 5.97 Å². The SMILES string of the molecule is COC(=O)c1cc(CNC(=O)c2cccc(S(=O)(=O)NC3CCCC3)c2)oc1C. The Balaban J connectivity index is 1.67. The highest BCUT2D eigenvalue weighted by Crippen LogP contribution is 2.21. The number of methoxy groups -OCH3 is 1. The molecule has 0 saturated heterocycles. The van der Waals surface area contributed by atoms with Crippen LogP contribution < -0.4 is 10.0 Å². The summed E-state index contributed by atoms with van der Waals surface area (Å²) in [6.07, 6.45) is 3.68. The average molecular weight is 420 g/mol. The number of rotatable bonds is 7. The molecule has 1 aliphatic rings. The standard InChI is InChI=1S/C20H24N2O6S/c1-13-18(20(24)27-2)11-16(28-13)12-21-19(23)14-6-5-9-17(10-14)29(25,26)22-15-7-3-4-8-15/h5-6,9-11,15,22H,3-4,7-8,12H2,1-2H3,(H,21,23). The van der Waals surface area contributed by atoms with Gasteiger partial charge in [0.15, 0.2) is 0 Å². The number of aryl methyl sites for hydroxylation is 1. The zero-order valence-corrected chi connectivity index (χ0v) is 17.2. The molecule has 1 saturated carbocycles. The normalized spacial score (nSPS) is 14.7. The van der Waals surface area contributed by atoms with E-state index in [1.54, 1.807) is 6.92 Å². The minimum atomic E-state index is -3.68. The smallest absolute Gasteiger partial charge is 0.341 e. The molecule has 0 aliphatic heterocycles. The van der Waals surface area contributed by atoms with Gasteiger partial charge in [0.2, 0.25) is 10.0 Å². The molecule has 3 rings (SSSR count). The molecule has 0 spiro atoms. The van der Waals surface area contributed by atoms with Gasteiger partial charge in [-0.05, 0) is 44.0 Å². The zero-order chi connectivity index (χ0) is 21.0. The van der Waals surface area contributed by atoms with Crippen LogP contribution in [0.15, 0.2) is 39.6 Å². The van der Waals surface area contributed by atoms with Crippen molar-refractivity contribution in [1.82, 2.24) is 10.0 Å². The maximum absolute atomic E-state index is 12.6. The molecule has 1 heterocycles. The summed E-state index contributed by atoms with van der Waals surface area (Å²) >= 11 is 0. The Kier molecular flexibility index (Phi) is 6.39. The number of esters is 1. The molecule has 9 heteroatoms. The van der Waals surface area contributed by atoms with Crippen molar-refractivity contribution in [3.8, 4) is 0 Å². The van der Waals surface area contributed by atoms with E-state index in [9.17, 15) is 18.0 Å². The second-order valence-electron chi connectivity index (χ2n) is 6.99. The van der Waals surface area contributed by atoms with E-state index in [0.717, 1.165) is 25.7 Å². The van der Waals surface area contributed by atoms with Crippen LogP contribution in [0.3, 0.4) is 0 Å². The molecular formula is C20H24N2O6S. The number of carbonyl (C=O) groups excluding carboxylic acids is 2. The summed E-state index contributed by atoms with van der Waals surface area (Å²) in [6, 6.07) is 7.34. The van der Waals surface area contributed by atoms with Crippen LogP contribution in [-0.2, 0) is 21.3 Å². The molecule has 0 atom stereocenters. The predicted octanol–water partition coefficient (Wildman–Crippen LogP) is 2.53. The van der Waals surface area contributed by atoms with Crippen LogP contribution in [0.4, 0.5) is 0 Å². The van der Waals surface area contributed by atoms with E-state index >= 15 is 0 Å². The topological polar surface area (TPSA) is 115 Å². The molecule has 156 valence electrons. The van der Waals surface area contributed by atoms with Crippen molar-refractivity contribution in [2.45, 2.75) is 50.1 Å². The molecule has 1 fully saturated rings. The summed E-state index contributed by atoms with van der Waals surface area (Å²) in [5.41, 5.74) is 0.513. The first-order valence-electron chi connectivity index (χ1n) is 9.38. The predicted molar refractivity (Wildman–Crippen MR) is 105 cm³/mol. The van der Waals surface area contributed by atoms with Gasteiger partial charge in [0.25, 0.3) is 5.91 Å². The van der Waals surface area contributed by atoms with Crippen molar-refractivity contribution in [1.29, 1.82) is 0 Å². The molecule has 0 bridgehead atoms. The minimum Gasteiger partial charge on any atom is -0.465 e. The van der Waals surface area contributed by atoms with E-state index in [4.69, 9.17) is 4.42 Å². The van der Waals surface area contributed by atoms with Gasteiger partial charge in [-0.3, -0.25) is 4.79 Å². The van der Waals surface area contributed by atoms with E-state index in [1.807, 2.05) is 0 Å². The third kappa shape index (κ3) is 5.04. The van der Waals surface area contributed by atoms with Crippen LogP contribution in [-0.4, -0.2) is 33.4 Å². The van der Waals surface area contributed by atoms with E-state index in [2.05, 4.69) is 14.8 Å². The van der Waals surface area contributed by atoms with Gasteiger partial charge in [0.1, 0.15) is 17.1 Å².